The van der Waals surface area contributed by atoms with Crippen LogP contribution in [0.15, 0.2) is 57.8 Å². The Kier molecular flexibility index (Phi) is 8.25. The van der Waals surface area contributed by atoms with E-state index in [0.717, 1.165) is 45.4 Å². The second-order valence-corrected chi connectivity index (χ2v) is 9.37. The Hall–Kier alpha value is -3.11. The van der Waals surface area contributed by atoms with Gasteiger partial charge in [0.2, 0.25) is 12.3 Å². The van der Waals surface area contributed by atoms with E-state index >= 15 is 0 Å². The van der Waals surface area contributed by atoms with Crippen LogP contribution >= 0.6 is 0 Å². The highest BCUT2D eigenvalue weighted by atomic mass is 16.6. The second kappa shape index (κ2) is 11.5. The minimum absolute atomic E-state index is 0.00957. The molecule has 0 spiro atoms. The van der Waals surface area contributed by atoms with Crippen molar-refractivity contribution in [3.05, 3.63) is 57.9 Å². The van der Waals surface area contributed by atoms with Gasteiger partial charge < -0.3 is 15.0 Å². The summed E-state index contributed by atoms with van der Waals surface area (Å²) in [4.78, 5) is 36.7. The van der Waals surface area contributed by atoms with E-state index in [4.69, 9.17) is 4.74 Å². The van der Waals surface area contributed by atoms with Crippen molar-refractivity contribution in [2.24, 2.45) is 9.98 Å². The van der Waals surface area contributed by atoms with Crippen molar-refractivity contribution in [3.8, 4) is 0 Å². The molecule has 0 radical (unpaired) electrons. The lowest BCUT2D eigenvalue weighted by Crippen LogP contribution is -2.46. The van der Waals surface area contributed by atoms with Crippen LogP contribution in [0.4, 0.5) is 0 Å². The standard InChI is InChI=1S/C25H34N6O4/c1-3-22-25(35-21-6-4-5-20(15-21)31(33)34)28-24(23(17-32)27-22)26-19-9-7-18(8-10-19)16-30-13-11-29(2)12-14-30/h4-9,17,19-20,22,25H,3,10-16H2,1-2H3,(H,26,28). The van der Waals surface area contributed by atoms with E-state index in [0.29, 0.717) is 18.0 Å². The van der Waals surface area contributed by atoms with Crippen molar-refractivity contribution < 1.29 is 14.5 Å². The number of allylic oxidation sites excluding steroid dienone is 2. The first kappa shape index (κ1) is 25.0. The first-order valence-corrected chi connectivity index (χ1v) is 12.3. The molecule has 1 fully saturated rings. The first-order valence-electron chi connectivity index (χ1n) is 12.3. The molecule has 2 heterocycles. The van der Waals surface area contributed by atoms with Crippen LogP contribution in [0.5, 0.6) is 0 Å². The number of nitrogens with zero attached hydrogens (tertiary/aromatic N) is 5. The SMILES string of the molecule is CCC1N=C(C=O)C(NC2C=CC(CN3CCN(C)CC3)=CC2)=NC1OC1=CC=CC([N+](=O)[O-])C1. The molecule has 0 bridgehead atoms. The van der Waals surface area contributed by atoms with Gasteiger partial charge in [-0.15, -0.1) is 0 Å². The van der Waals surface area contributed by atoms with Crippen LogP contribution in [0.1, 0.15) is 26.2 Å². The van der Waals surface area contributed by atoms with Crippen LogP contribution in [0, 0.1) is 10.1 Å². The van der Waals surface area contributed by atoms with Gasteiger partial charge in [-0.2, -0.15) is 0 Å². The third kappa shape index (κ3) is 6.52. The van der Waals surface area contributed by atoms with E-state index in [1.54, 1.807) is 18.2 Å². The number of nitro groups is 1. The molecule has 10 heteroatoms. The average molecular weight is 483 g/mol. The highest BCUT2D eigenvalue weighted by Gasteiger charge is 2.31. The molecule has 2 aliphatic carbocycles. The quantitative estimate of drug-likeness (QED) is 0.319. The maximum atomic E-state index is 11.8. The number of carbonyl (C=O) groups excluding carboxylic acids is 1. The Labute approximate surface area is 206 Å². The van der Waals surface area contributed by atoms with Gasteiger partial charge in [-0.3, -0.25) is 24.8 Å². The van der Waals surface area contributed by atoms with Crippen molar-refractivity contribution in [3.63, 3.8) is 0 Å². The smallest absolute Gasteiger partial charge is 0.238 e. The van der Waals surface area contributed by atoms with Crippen LogP contribution in [0.25, 0.3) is 0 Å². The number of rotatable bonds is 8. The summed E-state index contributed by atoms with van der Waals surface area (Å²) in [6.45, 7) is 7.24. The zero-order chi connectivity index (χ0) is 24.8. The van der Waals surface area contributed by atoms with Gasteiger partial charge in [-0.05, 0) is 37.6 Å². The van der Waals surface area contributed by atoms with Gasteiger partial charge in [0.05, 0.1) is 6.42 Å². The number of likely N-dealkylation sites (N-methyl/N-ethyl adjacent to an activating group) is 1. The number of piperazine rings is 1. The van der Waals surface area contributed by atoms with Crippen molar-refractivity contribution in [1.82, 2.24) is 15.1 Å². The highest BCUT2D eigenvalue weighted by molar-refractivity contribution is 6.61. The minimum atomic E-state index is -0.812. The summed E-state index contributed by atoms with van der Waals surface area (Å²) < 4.78 is 6.05. The fraction of sp³-hybridized carbons (Fsp3) is 0.560. The van der Waals surface area contributed by atoms with Gasteiger partial charge in [0.1, 0.15) is 17.5 Å². The van der Waals surface area contributed by atoms with Crippen molar-refractivity contribution in [1.29, 1.82) is 0 Å². The summed E-state index contributed by atoms with van der Waals surface area (Å²) >= 11 is 0. The molecule has 0 aromatic heterocycles. The normalized spacial score (nSPS) is 29.5. The van der Waals surface area contributed by atoms with Gasteiger partial charge in [0.15, 0.2) is 12.1 Å². The Morgan fingerprint density at radius 2 is 2.06 bits per heavy atom. The number of hydrogen-bond acceptors (Lipinski definition) is 9. The predicted octanol–water partition coefficient (Wildman–Crippen LogP) is 1.74. The van der Waals surface area contributed by atoms with Crippen molar-refractivity contribution in [2.75, 3.05) is 39.8 Å². The Morgan fingerprint density at radius 3 is 2.71 bits per heavy atom. The summed E-state index contributed by atoms with van der Waals surface area (Å²) in [5.41, 5.74) is 1.57. The van der Waals surface area contributed by atoms with E-state index < -0.39 is 12.3 Å². The molecule has 1 saturated heterocycles. The molecule has 35 heavy (non-hydrogen) atoms. The Bertz CT molecular complexity index is 990. The lowest BCUT2D eigenvalue weighted by Gasteiger charge is -2.33. The molecule has 4 unspecified atom stereocenters. The number of hydrogen-bond donors (Lipinski definition) is 1. The van der Waals surface area contributed by atoms with Gasteiger partial charge in [-0.1, -0.05) is 31.2 Å². The van der Waals surface area contributed by atoms with Crippen molar-refractivity contribution >= 4 is 17.8 Å². The fourth-order valence-corrected chi connectivity index (χ4v) is 4.53. The third-order valence-corrected chi connectivity index (χ3v) is 6.73. The van der Waals surface area contributed by atoms with E-state index in [9.17, 15) is 14.9 Å². The summed E-state index contributed by atoms with van der Waals surface area (Å²) in [6, 6.07) is -1.16. The van der Waals surface area contributed by atoms with Crippen LogP contribution in [0.3, 0.4) is 0 Å². The molecular weight excluding hydrogens is 448 g/mol. The van der Waals surface area contributed by atoms with E-state index in [1.165, 1.54) is 5.57 Å². The summed E-state index contributed by atoms with van der Waals surface area (Å²) in [7, 11) is 2.16. The number of carbonyl (C=O) groups is 1. The Morgan fingerprint density at radius 1 is 1.26 bits per heavy atom. The molecule has 0 saturated carbocycles. The van der Waals surface area contributed by atoms with Crippen molar-refractivity contribution in [2.45, 2.75) is 50.5 Å². The third-order valence-electron chi connectivity index (χ3n) is 6.73. The minimum Gasteiger partial charge on any atom is -0.470 e. The fourth-order valence-electron chi connectivity index (χ4n) is 4.53. The first-order chi connectivity index (χ1) is 16.9. The lowest BCUT2D eigenvalue weighted by atomic mass is 10.0. The lowest BCUT2D eigenvalue weighted by molar-refractivity contribution is -0.509. The number of nitrogens with one attached hydrogen (secondary N) is 1. The second-order valence-electron chi connectivity index (χ2n) is 9.37. The summed E-state index contributed by atoms with van der Waals surface area (Å²) in [5, 5.41) is 14.5. The zero-order valence-electron chi connectivity index (χ0n) is 20.4. The maximum absolute atomic E-state index is 11.8. The molecule has 0 aromatic carbocycles. The highest BCUT2D eigenvalue weighted by Crippen LogP contribution is 2.23. The van der Waals surface area contributed by atoms with Gasteiger partial charge >= 0.3 is 0 Å². The van der Waals surface area contributed by atoms with E-state index in [-0.39, 0.29) is 29.1 Å². The molecule has 4 atom stereocenters. The largest absolute Gasteiger partial charge is 0.470 e. The molecular formula is C25H34N6O4. The van der Waals surface area contributed by atoms with Gasteiger partial charge in [-0.25, -0.2) is 4.99 Å². The van der Waals surface area contributed by atoms with E-state index in [2.05, 4.69) is 50.4 Å². The topological polar surface area (TPSA) is 113 Å². The number of amidine groups is 1. The van der Waals surface area contributed by atoms with Crippen LogP contribution in [0.2, 0.25) is 0 Å². The van der Waals surface area contributed by atoms with Gasteiger partial charge in [0.25, 0.3) is 0 Å². The van der Waals surface area contributed by atoms with Crippen LogP contribution in [-0.2, 0) is 9.53 Å². The maximum Gasteiger partial charge on any atom is 0.238 e. The molecule has 4 aliphatic rings. The molecule has 0 amide bonds. The zero-order valence-corrected chi connectivity index (χ0v) is 20.4. The molecule has 2 aliphatic heterocycles. The molecule has 188 valence electrons. The molecule has 1 N–H and O–H groups in total. The number of aldehydes is 1. The van der Waals surface area contributed by atoms with Gasteiger partial charge in [0, 0.05) is 43.7 Å². The number of ether oxygens (including phenoxy) is 1. The van der Waals surface area contributed by atoms with Crippen LogP contribution < -0.4 is 5.32 Å². The summed E-state index contributed by atoms with van der Waals surface area (Å²) in [5.74, 6) is 0.901. The monoisotopic (exact) mass is 482 g/mol. The van der Waals surface area contributed by atoms with Crippen LogP contribution in [-0.4, -0.2) is 96.7 Å². The Balaban J connectivity index is 1.38. The number of aliphatic imine (C=N–C) groups is 2. The molecule has 0 aromatic rings. The van der Waals surface area contributed by atoms with E-state index in [1.807, 2.05) is 6.92 Å². The summed E-state index contributed by atoms with van der Waals surface area (Å²) in [6.07, 6.45) is 13.0. The average Bonchev–Trinajstić information content (AvgIpc) is 2.87. The molecule has 4 rings (SSSR count). The molecule has 10 nitrogen and oxygen atoms in total. The predicted molar refractivity (Wildman–Crippen MR) is 135 cm³/mol.